The van der Waals surface area contributed by atoms with Gasteiger partial charge in [0.15, 0.2) is 5.96 Å². The van der Waals surface area contributed by atoms with Crippen molar-refractivity contribution in [1.29, 1.82) is 0 Å². The molecule has 1 saturated carbocycles. The second kappa shape index (κ2) is 9.39. The molecule has 4 aliphatic rings. The maximum absolute atomic E-state index is 9.61. The lowest BCUT2D eigenvalue weighted by molar-refractivity contribution is 0.0174. The topological polar surface area (TPSA) is 63.1 Å². The molecule has 23 heavy (non-hydrogen) atoms. The number of halogens is 1. The number of aliphatic hydroxyl groups is 1. The van der Waals surface area contributed by atoms with Gasteiger partial charge in [0.25, 0.3) is 0 Å². The summed E-state index contributed by atoms with van der Waals surface area (Å²) in [7, 11) is 0. The molecule has 1 aliphatic carbocycles. The molecule has 4 rings (SSSR count). The molecular weight excluding hydrogens is 405 g/mol. The SMILES string of the molecule is CCNC(=NCC1CN2CCN1CC2)NC1CCC(O)CC1.I. The van der Waals surface area contributed by atoms with Gasteiger partial charge in [0.2, 0.25) is 0 Å². The van der Waals surface area contributed by atoms with E-state index in [4.69, 9.17) is 4.99 Å². The highest BCUT2D eigenvalue weighted by atomic mass is 127. The molecule has 0 spiro atoms. The molecule has 4 fully saturated rings. The minimum Gasteiger partial charge on any atom is -0.393 e. The number of piperazine rings is 3. The van der Waals surface area contributed by atoms with Crippen LogP contribution < -0.4 is 10.6 Å². The van der Waals surface area contributed by atoms with E-state index in [1.54, 1.807) is 0 Å². The number of hydrogen-bond acceptors (Lipinski definition) is 4. The van der Waals surface area contributed by atoms with Crippen molar-refractivity contribution in [2.45, 2.75) is 50.8 Å². The third kappa shape index (κ3) is 5.44. The van der Waals surface area contributed by atoms with Crippen LogP contribution in [0.4, 0.5) is 0 Å². The fourth-order valence-electron chi connectivity index (χ4n) is 3.83. The Morgan fingerprint density at radius 3 is 2.39 bits per heavy atom. The molecular formula is C16H32IN5O. The largest absolute Gasteiger partial charge is 0.393 e. The smallest absolute Gasteiger partial charge is 0.191 e. The molecule has 0 aromatic rings. The molecule has 0 aromatic heterocycles. The predicted octanol–water partition coefficient (Wildman–Crippen LogP) is 0.463. The van der Waals surface area contributed by atoms with Crippen molar-refractivity contribution in [3.63, 3.8) is 0 Å². The van der Waals surface area contributed by atoms with E-state index >= 15 is 0 Å². The summed E-state index contributed by atoms with van der Waals surface area (Å²) in [6.45, 7) is 9.89. The lowest BCUT2D eigenvalue weighted by atomic mass is 9.93. The van der Waals surface area contributed by atoms with E-state index in [9.17, 15) is 5.11 Å². The molecule has 3 aliphatic heterocycles. The van der Waals surface area contributed by atoms with Gasteiger partial charge >= 0.3 is 0 Å². The Morgan fingerprint density at radius 2 is 1.83 bits per heavy atom. The first kappa shape index (κ1) is 19.2. The van der Waals surface area contributed by atoms with E-state index < -0.39 is 0 Å². The molecule has 134 valence electrons. The Bertz CT molecular complexity index is 379. The van der Waals surface area contributed by atoms with Gasteiger partial charge in [0.05, 0.1) is 12.6 Å². The standard InChI is InChI=1S/C16H31N5O.HI/c1-2-17-16(19-13-3-5-15(22)6-4-13)18-11-14-12-20-7-9-21(14)10-8-20;/h13-15,22H,2-12H2,1H3,(H2,17,18,19);1H. The van der Waals surface area contributed by atoms with Crippen molar-refractivity contribution >= 4 is 29.9 Å². The number of rotatable bonds is 4. The Kier molecular flexibility index (Phi) is 7.84. The maximum Gasteiger partial charge on any atom is 0.191 e. The number of aliphatic hydroxyl groups excluding tert-OH is 1. The average Bonchev–Trinajstić information content (AvgIpc) is 2.56. The summed E-state index contributed by atoms with van der Waals surface area (Å²) in [5.41, 5.74) is 0. The van der Waals surface area contributed by atoms with Crippen LogP contribution in [0.1, 0.15) is 32.6 Å². The highest BCUT2D eigenvalue weighted by Gasteiger charge is 2.31. The van der Waals surface area contributed by atoms with E-state index in [0.29, 0.717) is 12.1 Å². The van der Waals surface area contributed by atoms with Crippen LogP contribution in [0, 0.1) is 0 Å². The summed E-state index contributed by atoms with van der Waals surface area (Å²) in [4.78, 5) is 9.98. The maximum atomic E-state index is 9.61. The number of guanidine groups is 1. The van der Waals surface area contributed by atoms with E-state index in [2.05, 4.69) is 27.4 Å². The van der Waals surface area contributed by atoms with Gasteiger partial charge in [-0.2, -0.15) is 0 Å². The van der Waals surface area contributed by atoms with Crippen molar-refractivity contribution in [3.8, 4) is 0 Å². The third-order valence-electron chi connectivity index (χ3n) is 5.23. The first-order chi connectivity index (χ1) is 10.7. The molecule has 6 nitrogen and oxygen atoms in total. The van der Waals surface area contributed by atoms with E-state index in [-0.39, 0.29) is 30.1 Å². The second-order valence-corrected chi connectivity index (χ2v) is 6.86. The fourth-order valence-corrected chi connectivity index (χ4v) is 3.83. The minimum atomic E-state index is -0.0998. The van der Waals surface area contributed by atoms with E-state index in [1.165, 1.54) is 32.7 Å². The van der Waals surface area contributed by atoms with Crippen molar-refractivity contribution in [3.05, 3.63) is 0 Å². The van der Waals surface area contributed by atoms with Gasteiger partial charge < -0.3 is 15.7 Å². The van der Waals surface area contributed by atoms with Crippen LogP contribution in [0.5, 0.6) is 0 Å². The molecule has 0 aromatic carbocycles. The van der Waals surface area contributed by atoms with Gasteiger partial charge in [-0.05, 0) is 32.6 Å². The monoisotopic (exact) mass is 437 g/mol. The number of hydrogen-bond donors (Lipinski definition) is 3. The quantitative estimate of drug-likeness (QED) is 0.339. The lowest BCUT2D eigenvalue weighted by Gasteiger charge is -2.47. The summed E-state index contributed by atoms with van der Waals surface area (Å²) in [6.07, 6.45) is 3.78. The first-order valence-corrected chi connectivity index (χ1v) is 8.94. The van der Waals surface area contributed by atoms with Crippen LogP contribution in [0.2, 0.25) is 0 Å². The van der Waals surface area contributed by atoms with Gasteiger partial charge in [0.1, 0.15) is 0 Å². The van der Waals surface area contributed by atoms with Gasteiger partial charge in [-0.15, -0.1) is 24.0 Å². The fraction of sp³-hybridized carbons (Fsp3) is 0.938. The normalized spacial score (nSPS) is 37.1. The zero-order valence-corrected chi connectivity index (χ0v) is 16.5. The summed E-state index contributed by atoms with van der Waals surface area (Å²) in [5, 5.41) is 16.5. The van der Waals surface area contributed by atoms with Crippen molar-refractivity contribution in [1.82, 2.24) is 20.4 Å². The van der Waals surface area contributed by atoms with Crippen LogP contribution in [0.25, 0.3) is 0 Å². The van der Waals surface area contributed by atoms with Crippen molar-refractivity contribution in [2.24, 2.45) is 4.99 Å². The predicted molar refractivity (Wildman–Crippen MR) is 105 cm³/mol. The molecule has 2 bridgehead atoms. The van der Waals surface area contributed by atoms with Crippen LogP contribution in [0.3, 0.4) is 0 Å². The number of nitrogens with zero attached hydrogens (tertiary/aromatic N) is 3. The third-order valence-corrected chi connectivity index (χ3v) is 5.23. The molecule has 0 amide bonds. The van der Waals surface area contributed by atoms with Crippen molar-refractivity contribution < 1.29 is 5.11 Å². The van der Waals surface area contributed by atoms with Crippen LogP contribution in [-0.2, 0) is 0 Å². The Labute approximate surface area is 157 Å². The first-order valence-electron chi connectivity index (χ1n) is 8.94. The minimum absolute atomic E-state index is 0. The molecule has 1 unspecified atom stereocenters. The summed E-state index contributed by atoms with van der Waals surface area (Å²) < 4.78 is 0. The highest BCUT2D eigenvalue weighted by molar-refractivity contribution is 14.0. The van der Waals surface area contributed by atoms with Crippen molar-refractivity contribution in [2.75, 3.05) is 45.8 Å². The van der Waals surface area contributed by atoms with E-state index in [0.717, 1.165) is 44.7 Å². The summed E-state index contributed by atoms with van der Waals surface area (Å²) in [6, 6.07) is 1.03. The molecule has 3 saturated heterocycles. The number of fused-ring (bicyclic) bond motifs is 3. The van der Waals surface area contributed by atoms with Gasteiger partial charge in [-0.25, -0.2) is 0 Å². The van der Waals surface area contributed by atoms with Crippen LogP contribution in [-0.4, -0.2) is 84.9 Å². The van der Waals surface area contributed by atoms with Gasteiger partial charge in [0, 0.05) is 51.4 Å². The lowest BCUT2D eigenvalue weighted by Crippen LogP contribution is -2.62. The highest BCUT2D eigenvalue weighted by Crippen LogP contribution is 2.18. The number of nitrogens with one attached hydrogen (secondary N) is 2. The van der Waals surface area contributed by atoms with Gasteiger partial charge in [-0.3, -0.25) is 14.8 Å². The Balaban J connectivity index is 0.00000192. The summed E-state index contributed by atoms with van der Waals surface area (Å²) in [5.74, 6) is 0.946. The molecule has 3 N–H and O–H groups in total. The summed E-state index contributed by atoms with van der Waals surface area (Å²) >= 11 is 0. The molecule has 0 radical (unpaired) electrons. The van der Waals surface area contributed by atoms with E-state index in [1.807, 2.05) is 0 Å². The van der Waals surface area contributed by atoms with Crippen LogP contribution >= 0.6 is 24.0 Å². The van der Waals surface area contributed by atoms with Gasteiger partial charge in [-0.1, -0.05) is 0 Å². The Hall–Kier alpha value is -0.120. The van der Waals surface area contributed by atoms with Crippen LogP contribution in [0.15, 0.2) is 4.99 Å². The molecule has 7 heteroatoms. The molecule has 3 heterocycles. The molecule has 1 atom stereocenters. The second-order valence-electron chi connectivity index (χ2n) is 6.86. The zero-order valence-electron chi connectivity index (χ0n) is 14.2. The Morgan fingerprint density at radius 1 is 1.13 bits per heavy atom. The average molecular weight is 437 g/mol. The number of aliphatic imine (C=N–C) groups is 1. The zero-order chi connectivity index (χ0) is 15.4.